The van der Waals surface area contributed by atoms with Crippen molar-refractivity contribution < 1.29 is 14.6 Å². The summed E-state index contributed by atoms with van der Waals surface area (Å²) >= 11 is 0. The summed E-state index contributed by atoms with van der Waals surface area (Å²) in [5, 5.41) is 8.97. The summed E-state index contributed by atoms with van der Waals surface area (Å²) in [6, 6.07) is 7.63. The summed E-state index contributed by atoms with van der Waals surface area (Å²) in [5.41, 5.74) is 0.939. The first kappa shape index (κ1) is 16.2. The molecule has 0 saturated carbocycles. The van der Waals surface area contributed by atoms with Crippen molar-refractivity contribution in [1.82, 2.24) is 4.90 Å². The smallest absolute Gasteiger partial charge is 0.246 e. The molecular weight excluding hydrogens is 254 g/mol. The second-order valence-corrected chi connectivity index (χ2v) is 4.68. The van der Waals surface area contributed by atoms with E-state index in [1.165, 1.54) is 6.08 Å². The van der Waals surface area contributed by atoms with Crippen LogP contribution in [0, 0.1) is 0 Å². The minimum absolute atomic E-state index is 0.0270. The van der Waals surface area contributed by atoms with E-state index in [1.54, 1.807) is 11.0 Å². The Hall–Kier alpha value is -1.81. The van der Waals surface area contributed by atoms with Gasteiger partial charge in [0.05, 0.1) is 13.2 Å². The number of benzene rings is 1. The first-order chi connectivity index (χ1) is 9.58. The van der Waals surface area contributed by atoms with Crippen molar-refractivity contribution in [3.05, 3.63) is 35.9 Å². The molecule has 1 amide bonds. The van der Waals surface area contributed by atoms with Gasteiger partial charge in [-0.3, -0.25) is 4.79 Å². The number of amides is 1. The topological polar surface area (TPSA) is 49.8 Å². The zero-order valence-corrected chi connectivity index (χ0v) is 12.4. The van der Waals surface area contributed by atoms with Crippen LogP contribution in [0.5, 0.6) is 5.75 Å². The van der Waals surface area contributed by atoms with E-state index >= 15 is 0 Å². The Labute approximate surface area is 120 Å². The van der Waals surface area contributed by atoms with Crippen LogP contribution in [0.4, 0.5) is 0 Å². The van der Waals surface area contributed by atoms with Gasteiger partial charge in [-0.25, -0.2) is 0 Å². The molecule has 1 rings (SSSR count). The average molecular weight is 277 g/mol. The highest BCUT2D eigenvalue weighted by Gasteiger charge is 2.13. The predicted molar refractivity (Wildman–Crippen MR) is 80.6 cm³/mol. The van der Waals surface area contributed by atoms with Crippen molar-refractivity contribution in [2.24, 2.45) is 0 Å². The number of rotatable bonds is 7. The lowest BCUT2D eigenvalue weighted by atomic mass is 10.2. The third-order valence-corrected chi connectivity index (χ3v) is 2.86. The number of hydrogen-bond donors (Lipinski definition) is 1. The minimum atomic E-state index is -0.0945. The number of hydrogen-bond acceptors (Lipinski definition) is 3. The van der Waals surface area contributed by atoms with Gasteiger partial charge in [0, 0.05) is 18.7 Å². The van der Waals surface area contributed by atoms with Gasteiger partial charge in [-0.05, 0) is 44.5 Å². The monoisotopic (exact) mass is 277 g/mol. The fourth-order valence-corrected chi connectivity index (χ4v) is 1.84. The van der Waals surface area contributed by atoms with E-state index in [2.05, 4.69) is 0 Å². The van der Waals surface area contributed by atoms with Gasteiger partial charge in [-0.2, -0.15) is 0 Å². The maximum Gasteiger partial charge on any atom is 0.246 e. The van der Waals surface area contributed by atoms with Crippen molar-refractivity contribution in [2.75, 3.05) is 19.8 Å². The van der Waals surface area contributed by atoms with Gasteiger partial charge in [-0.15, -0.1) is 0 Å². The van der Waals surface area contributed by atoms with E-state index < -0.39 is 0 Å². The number of aliphatic hydroxyl groups excluding tert-OH is 1. The molecule has 0 fully saturated rings. The Morgan fingerprint density at radius 1 is 1.35 bits per heavy atom. The van der Waals surface area contributed by atoms with E-state index in [9.17, 15) is 4.79 Å². The summed E-state index contributed by atoms with van der Waals surface area (Å²) in [5.74, 6) is 0.725. The van der Waals surface area contributed by atoms with E-state index in [1.807, 2.05) is 45.0 Å². The maximum atomic E-state index is 12.0. The first-order valence-electron chi connectivity index (χ1n) is 6.91. The normalized spacial score (nSPS) is 11.1. The van der Waals surface area contributed by atoms with Crippen LogP contribution in [-0.2, 0) is 4.79 Å². The molecule has 0 spiro atoms. The van der Waals surface area contributed by atoms with E-state index in [4.69, 9.17) is 9.84 Å². The molecule has 1 aromatic rings. The lowest BCUT2D eigenvalue weighted by molar-refractivity contribution is -0.128. The Morgan fingerprint density at radius 2 is 2.00 bits per heavy atom. The molecule has 4 nitrogen and oxygen atoms in total. The summed E-state index contributed by atoms with van der Waals surface area (Å²) in [6.45, 7) is 6.76. The third kappa shape index (κ3) is 5.05. The maximum absolute atomic E-state index is 12.0. The first-order valence-corrected chi connectivity index (χ1v) is 6.91. The molecule has 0 bridgehead atoms. The van der Waals surface area contributed by atoms with E-state index in [-0.39, 0.29) is 18.6 Å². The molecule has 0 aromatic heterocycles. The predicted octanol–water partition coefficient (Wildman–Crippen LogP) is 2.33. The van der Waals surface area contributed by atoms with Crippen LogP contribution in [0.25, 0.3) is 6.08 Å². The summed E-state index contributed by atoms with van der Waals surface area (Å²) in [4.78, 5) is 13.7. The van der Waals surface area contributed by atoms with Crippen molar-refractivity contribution >= 4 is 12.0 Å². The standard InChI is InChI=1S/C16H23NO3/c1-4-20-15-8-5-14(6-9-15)7-10-16(19)17(11-12-18)13(2)3/h5-10,13,18H,4,11-12H2,1-3H3/b10-7+. The molecule has 1 N–H and O–H groups in total. The fourth-order valence-electron chi connectivity index (χ4n) is 1.84. The van der Waals surface area contributed by atoms with Gasteiger partial charge < -0.3 is 14.7 Å². The summed E-state index contributed by atoms with van der Waals surface area (Å²) in [7, 11) is 0. The summed E-state index contributed by atoms with van der Waals surface area (Å²) < 4.78 is 5.36. The minimum Gasteiger partial charge on any atom is -0.494 e. The van der Waals surface area contributed by atoms with Gasteiger partial charge in [0.1, 0.15) is 5.75 Å². The number of aliphatic hydroxyl groups is 1. The van der Waals surface area contributed by atoms with Crippen molar-refractivity contribution in [2.45, 2.75) is 26.8 Å². The molecule has 0 unspecified atom stereocenters. The number of carbonyl (C=O) groups is 1. The molecule has 0 aliphatic heterocycles. The molecular formula is C16H23NO3. The molecule has 0 saturated heterocycles. The summed E-state index contributed by atoms with van der Waals surface area (Å²) in [6.07, 6.45) is 3.30. The molecule has 0 heterocycles. The number of ether oxygens (including phenoxy) is 1. The highest BCUT2D eigenvalue weighted by Crippen LogP contribution is 2.13. The third-order valence-electron chi connectivity index (χ3n) is 2.86. The zero-order valence-electron chi connectivity index (χ0n) is 12.4. The SMILES string of the molecule is CCOc1ccc(/C=C/C(=O)N(CCO)C(C)C)cc1. The van der Waals surface area contributed by atoms with Gasteiger partial charge >= 0.3 is 0 Å². The van der Waals surface area contributed by atoms with Crippen LogP contribution in [0.15, 0.2) is 30.3 Å². The lowest BCUT2D eigenvalue weighted by Crippen LogP contribution is -2.37. The van der Waals surface area contributed by atoms with Gasteiger partial charge in [0.25, 0.3) is 0 Å². The van der Waals surface area contributed by atoms with Crippen molar-refractivity contribution in [3.63, 3.8) is 0 Å². The average Bonchev–Trinajstić information content (AvgIpc) is 2.43. The second-order valence-electron chi connectivity index (χ2n) is 4.68. The van der Waals surface area contributed by atoms with E-state index in [0.717, 1.165) is 11.3 Å². The molecule has 20 heavy (non-hydrogen) atoms. The lowest BCUT2D eigenvalue weighted by Gasteiger charge is -2.24. The van der Waals surface area contributed by atoms with Crippen LogP contribution in [-0.4, -0.2) is 41.7 Å². The number of carbonyl (C=O) groups excluding carboxylic acids is 1. The molecule has 0 aliphatic rings. The molecule has 0 radical (unpaired) electrons. The fraction of sp³-hybridized carbons (Fsp3) is 0.438. The molecule has 110 valence electrons. The number of nitrogens with zero attached hydrogens (tertiary/aromatic N) is 1. The highest BCUT2D eigenvalue weighted by molar-refractivity contribution is 5.92. The van der Waals surface area contributed by atoms with Gasteiger partial charge in [0.2, 0.25) is 5.91 Å². The Balaban J connectivity index is 2.68. The highest BCUT2D eigenvalue weighted by atomic mass is 16.5. The van der Waals surface area contributed by atoms with Gasteiger partial charge in [0.15, 0.2) is 0 Å². The largest absolute Gasteiger partial charge is 0.494 e. The van der Waals surface area contributed by atoms with Crippen LogP contribution in [0.1, 0.15) is 26.3 Å². The van der Waals surface area contributed by atoms with Crippen LogP contribution in [0.3, 0.4) is 0 Å². The van der Waals surface area contributed by atoms with Crippen molar-refractivity contribution in [1.29, 1.82) is 0 Å². The van der Waals surface area contributed by atoms with Gasteiger partial charge in [-0.1, -0.05) is 12.1 Å². The van der Waals surface area contributed by atoms with Crippen LogP contribution in [0.2, 0.25) is 0 Å². The zero-order chi connectivity index (χ0) is 15.0. The Kier molecular flexibility index (Phi) is 6.81. The quantitative estimate of drug-likeness (QED) is 0.778. The van der Waals surface area contributed by atoms with Crippen molar-refractivity contribution in [3.8, 4) is 5.75 Å². The molecule has 0 aliphatic carbocycles. The molecule has 0 atom stereocenters. The molecule has 1 aromatic carbocycles. The van der Waals surface area contributed by atoms with Crippen LogP contribution < -0.4 is 4.74 Å². The second kappa shape index (κ2) is 8.38. The van der Waals surface area contributed by atoms with Crippen LogP contribution >= 0.6 is 0 Å². The molecule has 4 heteroatoms. The van der Waals surface area contributed by atoms with E-state index in [0.29, 0.717) is 13.2 Å². The Morgan fingerprint density at radius 3 is 2.50 bits per heavy atom. The Bertz CT molecular complexity index is 438.